The van der Waals surface area contributed by atoms with E-state index in [0.717, 1.165) is 16.6 Å². The summed E-state index contributed by atoms with van der Waals surface area (Å²) in [6.07, 6.45) is 0. The fraction of sp³-hybridized carbons (Fsp3) is 0.417. The van der Waals surface area contributed by atoms with Crippen LogP contribution in [-0.2, 0) is 0 Å². The van der Waals surface area contributed by atoms with Crippen molar-refractivity contribution >= 4 is 16.6 Å². The number of ether oxygens (including phenoxy) is 1. The van der Waals surface area contributed by atoms with Crippen molar-refractivity contribution < 1.29 is 4.74 Å². The molecule has 1 heterocycles. The van der Waals surface area contributed by atoms with Crippen molar-refractivity contribution in [3.8, 4) is 5.88 Å². The van der Waals surface area contributed by atoms with Gasteiger partial charge in [0.15, 0.2) is 0 Å². The second kappa shape index (κ2) is 3.70. The van der Waals surface area contributed by atoms with Gasteiger partial charge in [-0.25, -0.2) is 0 Å². The average molecular weight is 219 g/mol. The first-order chi connectivity index (χ1) is 7.49. The summed E-state index contributed by atoms with van der Waals surface area (Å²) in [4.78, 5) is 0. The van der Waals surface area contributed by atoms with Gasteiger partial charge in [0.05, 0.1) is 18.0 Å². The van der Waals surface area contributed by atoms with Crippen molar-refractivity contribution in [3.05, 3.63) is 18.2 Å². The van der Waals surface area contributed by atoms with E-state index in [4.69, 9.17) is 4.74 Å². The van der Waals surface area contributed by atoms with Crippen molar-refractivity contribution in [2.45, 2.75) is 26.3 Å². The topological polar surface area (TPSA) is 49.9 Å². The molecule has 0 radical (unpaired) electrons. The number of rotatable bonds is 2. The van der Waals surface area contributed by atoms with Gasteiger partial charge < -0.3 is 10.1 Å². The maximum Gasteiger partial charge on any atom is 0.240 e. The Kier molecular flexibility index (Phi) is 2.50. The summed E-state index contributed by atoms with van der Waals surface area (Å²) in [5.74, 6) is 0.632. The van der Waals surface area contributed by atoms with Gasteiger partial charge in [-0.2, -0.15) is 0 Å². The van der Waals surface area contributed by atoms with E-state index in [1.54, 1.807) is 7.11 Å². The van der Waals surface area contributed by atoms with Crippen LogP contribution >= 0.6 is 0 Å². The highest BCUT2D eigenvalue weighted by Crippen LogP contribution is 2.26. The highest BCUT2D eigenvalue weighted by Gasteiger charge is 2.11. The number of H-pyrrole nitrogens is 1. The van der Waals surface area contributed by atoms with E-state index in [1.807, 2.05) is 18.2 Å². The van der Waals surface area contributed by atoms with E-state index >= 15 is 0 Å². The third kappa shape index (κ3) is 2.10. The quantitative estimate of drug-likeness (QED) is 0.816. The van der Waals surface area contributed by atoms with E-state index in [9.17, 15) is 0 Å². The molecule has 0 aliphatic carbocycles. The molecule has 0 aliphatic rings. The number of methoxy groups -OCH3 is 1. The van der Waals surface area contributed by atoms with Crippen molar-refractivity contribution in [2.24, 2.45) is 0 Å². The minimum atomic E-state index is 0.0463. The SMILES string of the molecule is COc1n[nH]c2ccc(NC(C)(C)C)cc12. The summed E-state index contributed by atoms with van der Waals surface area (Å²) < 4.78 is 5.18. The second-order valence-corrected chi connectivity index (χ2v) is 4.87. The normalized spacial score (nSPS) is 11.8. The summed E-state index contributed by atoms with van der Waals surface area (Å²) in [6, 6.07) is 6.08. The summed E-state index contributed by atoms with van der Waals surface area (Å²) >= 11 is 0. The molecule has 1 aromatic carbocycles. The Morgan fingerprint density at radius 1 is 1.31 bits per heavy atom. The fourth-order valence-electron chi connectivity index (χ4n) is 1.66. The Morgan fingerprint density at radius 2 is 2.06 bits per heavy atom. The molecule has 0 bridgehead atoms. The molecule has 0 spiro atoms. The molecule has 16 heavy (non-hydrogen) atoms. The van der Waals surface area contributed by atoms with E-state index in [1.165, 1.54) is 0 Å². The number of fused-ring (bicyclic) bond motifs is 1. The average Bonchev–Trinajstić information content (AvgIpc) is 2.57. The lowest BCUT2D eigenvalue weighted by molar-refractivity contribution is 0.401. The molecule has 2 N–H and O–H groups in total. The van der Waals surface area contributed by atoms with Gasteiger partial charge in [0.2, 0.25) is 5.88 Å². The molecule has 0 aliphatic heterocycles. The van der Waals surface area contributed by atoms with Gasteiger partial charge in [-0.3, -0.25) is 5.10 Å². The monoisotopic (exact) mass is 219 g/mol. The van der Waals surface area contributed by atoms with Crippen LogP contribution in [0.2, 0.25) is 0 Å². The first-order valence-electron chi connectivity index (χ1n) is 5.30. The molecule has 0 unspecified atom stereocenters. The molecule has 0 fully saturated rings. The number of benzene rings is 1. The molecular weight excluding hydrogens is 202 g/mol. The molecule has 86 valence electrons. The first-order valence-corrected chi connectivity index (χ1v) is 5.30. The maximum absolute atomic E-state index is 5.18. The Balaban J connectivity index is 2.42. The molecule has 0 amide bonds. The van der Waals surface area contributed by atoms with Gasteiger partial charge in [0, 0.05) is 11.2 Å². The summed E-state index contributed by atoms with van der Waals surface area (Å²) in [6.45, 7) is 6.39. The lowest BCUT2D eigenvalue weighted by Gasteiger charge is -2.22. The minimum Gasteiger partial charge on any atom is -0.480 e. The minimum absolute atomic E-state index is 0.0463. The highest BCUT2D eigenvalue weighted by molar-refractivity contribution is 5.87. The van der Waals surface area contributed by atoms with E-state index in [0.29, 0.717) is 5.88 Å². The third-order valence-electron chi connectivity index (χ3n) is 2.24. The van der Waals surface area contributed by atoms with Crippen LogP contribution in [-0.4, -0.2) is 22.8 Å². The van der Waals surface area contributed by atoms with Gasteiger partial charge in [-0.05, 0) is 39.0 Å². The van der Waals surface area contributed by atoms with E-state index in [2.05, 4.69) is 36.3 Å². The van der Waals surface area contributed by atoms with Crippen LogP contribution in [0.1, 0.15) is 20.8 Å². The lowest BCUT2D eigenvalue weighted by atomic mass is 10.1. The van der Waals surface area contributed by atoms with Crippen LogP contribution in [0.5, 0.6) is 5.88 Å². The number of aromatic amines is 1. The van der Waals surface area contributed by atoms with Crippen LogP contribution in [0, 0.1) is 0 Å². The molecule has 0 saturated carbocycles. The smallest absolute Gasteiger partial charge is 0.240 e. The molecule has 0 saturated heterocycles. The zero-order chi connectivity index (χ0) is 11.8. The molecular formula is C12H17N3O. The molecule has 2 aromatic rings. The number of hydrogen-bond donors (Lipinski definition) is 2. The van der Waals surface area contributed by atoms with Crippen LogP contribution in [0.15, 0.2) is 18.2 Å². The van der Waals surface area contributed by atoms with Crippen molar-refractivity contribution in [1.29, 1.82) is 0 Å². The van der Waals surface area contributed by atoms with Gasteiger partial charge >= 0.3 is 0 Å². The van der Waals surface area contributed by atoms with Crippen LogP contribution in [0.3, 0.4) is 0 Å². The van der Waals surface area contributed by atoms with Crippen LogP contribution in [0.25, 0.3) is 10.9 Å². The summed E-state index contributed by atoms with van der Waals surface area (Å²) in [5, 5.41) is 11.4. The maximum atomic E-state index is 5.18. The number of hydrogen-bond acceptors (Lipinski definition) is 3. The number of nitrogens with one attached hydrogen (secondary N) is 2. The number of aromatic nitrogens is 2. The van der Waals surface area contributed by atoms with Crippen LogP contribution in [0.4, 0.5) is 5.69 Å². The van der Waals surface area contributed by atoms with Gasteiger partial charge in [0.1, 0.15) is 0 Å². The van der Waals surface area contributed by atoms with Gasteiger partial charge in [-0.1, -0.05) is 0 Å². The molecule has 1 aromatic heterocycles. The Bertz CT molecular complexity index is 496. The zero-order valence-corrected chi connectivity index (χ0v) is 10.1. The molecule has 2 rings (SSSR count). The summed E-state index contributed by atoms with van der Waals surface area (Å²) in [7, 11) is 1.62. The Labute approximate surface area is 95.0 Å². The Hall–Kier alpha value is -1.71. The summed E-state index contributed by atoms with van der Waals surface area (Å²) in [5.41, 5.74) is 2.10. The first kappa shape index (κ1) is 10.8. The van der Waals surface area contributed by atoms with Crippen LogP contribution < -0.4 is 10.1 Å². The molecule has 4 heteroatoms. The molecule has 0 atom stereocenters. The Morgan fingerprint density at radius 3 is 2.69 bits per heavy atom. The molecule has 4 nitrogen and oxygen atoms in total. The highest BCUT2D eigenvalue weighted by atomic mass is 16.5. The van der Waals surface area contributed by atoms with Gasteiger partial charge in [0.25, 0.3) is 0 Å². The lowest BCUT2D eigenvalue weighted by Crippen LogP contribution is -2.25. The fourth-order valence-corrected chi connectivity index (χ4v) is 1.66. The van der Waals surface area contributed by atoms with Crippen molar-refractivity contribution in [3.63, 3.8) is 0 Å². The number of anilines is 1. The van der Waals surface area contributed by atoms with E-state index in [-0.39, 0.29) is 5.54 Å². The standard InChI is InChI=1S/C12H17N3O/c1-12(2,3)13-8-5-6-10-9(7-8)11(16-4)15-14-10/h5-7,13H,1-4H3,(H,14,15). The van der Waals surface area contributed by atoms with E-state index < -0.39 is 0 Å². The largest absolute Gasteiger partial charge is 0.480 e. The predicted octanol–water partition coefficient (Wildman–Crippen LogP) is 2.78. The third-order valence-corrected chi connectivity index (χ3v) is 2.24. The second-order valence-electron chi connectivity index (χ2n) is 4.87. The predicted molar refractivity (Wildman–Crippen MR) is 66.0 cm³/mol. The number of nitrogens with zero attached hydrogens (tertiary/aromatic N) is 1. The zero-order valence-electron chi connectivity index (χ0n) is 10.1. The van der Waals surface area contributed by atoms with Crippen molar-refractivity contribution in [1.82, 2.24) is 10.2 Å². The van der Waals surface area contributed by atoms with Gasteiger partial charge in [-0.15, -0.1) is 5.10 Å². The van der Waals surface area contributed by atoms with Crippen molar-refractivity contribution in [2.75, 3.05) is 12.4 Å².